The van der Waals surface area contributed by atoms with Crippen LogP contribution < -0.4 is 11.3 Å². The van der Waals surface area contributed by atoms with Crippen molar-refractivity contribution in [3.63, 3.8) is 0 Å². The Morgan fingerprint density at radius 2 is 2.10 bits per heavy atom. The lowest BCUT2D eigenvalue weighted by Gasteiger charge is -2.15. The first-order chi connectivity index (χ1) is 9.88. The minimum Gasteiger partial charge on any atom is -0.366 e. The molecule has 0 saturated carbocycles. The molecule has 0 aliphatic heterocycles. The number of nitrogens with zero attached hydrogens (tertiary/aromatic N) is 2. The van der Waals surface area contributed by atoms with Gasteiger partial charge < -0.3 is 5.73 Å². The molecule has 0 aliphatic carbocycles. The minimum absolute atomic E-state index is 0.0516. The van der Waals surface area contributed by atoms with Crippen LogP contribution in [0.15, 0.2) is 35.1 Å². The maximum Gasteiger partial charge on any atom is 0.255 e. The molecule has 1 heterocycles. The molecule has 1 aromatic heterocycles. The average Bonchev–Trinajstić information content (AvgIpc) is 2.41. The van der Waals surface area contributed by atoms with Crippen LogP contribution in [0, 0.1) is 0 Å². The molecule has 2 rings (SSSR count). The van der Waals surface area contributed by atoms with Crippen molar-refractivity contribution in [1.82, 2.24) is 9.55 Å². The molecule has 0 radical (unpaired) electrons. The van der Waals surface area contributed by atoms with E-state index in [-0.39, 0.29) is 16.6 Å². The third-order valence-electron chi connectivity index (χ3n) is 3.08. The summed E-state index contributed by atoms with van der Waals surface area (Å²) in [7, 11) is 0. The number of amides is 1. The van der Waals surface area contributed by atoms with E-state index in [1.54, 1.807) is 22.8 Å². The van der Waals surface area contributed by atoms with Crippen molar-refractivity contribution in [2.45, 2.75) is 26.3 Å². The molecule has 6 heteroatoms. The SMILES string of the molecule is CC(C)c1nc(Cl)cc(=O)n1Cc1cccc(C(N)=O)c1. The van der Waals surface area contributed by atoms with Crippen molar-refractivity contribution in [2.75, 3.05) is 0 Å². The standard InChI is InChI=1S/C15H16ClN3O2/c1-9(2)15-18-12(16)7-13(20)19(15)8-10-4-3-5-11(6-10)14(17)21/h3-7,9H,8H2,1-2H3,(H2,17,21). The largest absolute Gasteiger partial charge is 0.366 e. The maximum absolute atomic E-state index is 12.1. The van der Waals surface area contributed by atoms with Crippen LogP contribution >= 0.6 is 11.6 Å². The van der Waals surface area contributed by atoms with Gasteiger partial charge in [-0.3, -0.25) is 14.2 Å². The number of hydrogen-bond donors (Lipinski definition) is 1. The molecule has 21 heavy (non-hydrogen) atoms. The van der Waals surface area contributed by atoms with Crippen molar-refractivity contribution in [3.05, 3.63) is 62.8 Å². The smallest absolute Gasteiger partial charge is 0.255 e. The summed E-state index contributed by atoms with van der Waals surface area (Å²) in [4.78, 5) is 27.6. The van der Waals surface area contributed by atoms with Gasteiger partial charge >= 0.3 is 0 Å². The van der Waals surface area contributed by atoms with E-state index >= 15 is 0 Å². The third-order valence-corrected chi connectivity index (χ3v) is 3.27. The van der Waals surface area contributed by atoms with E-state index in [4.69, 9.17) is 17.3 Å². The predicted octanol–water partition coefficient (Wildman–Crippen LogP) is 2.17. The van der Waals surface area contributed by atoms with Crippen LogP contribution in [0.25, 0.3) is 0 Å². The Kier molecular flexibility index (Phi) is 4.43. The summed E-state index contributed by atoms with van der Waals surface area (Å²) in [5, 5.41) is 0.186. The van der Waals surface area contributed by atoms with Crippen LogP contribution in [0.4, 0.5) is 0 Å². The molecule has 0 aliphatic rings. The highest BCUT2D eigenvalue weighted by atomic mass is 35.5. The van der Waals surface area contributed by atoms with Gasteiger partial charge in [0.05, 0.1) is 6.54 Å². The fourth-order valence-electron chi connectivity index (χ4n) is 2.10. The molecule has 1 aromatic carbocycles. The quantitative estimate of drug-likeness (QED) is 0.879. The number of carbonyl (C=O) groups is 1. The first-order valence-corrected chi connectivity index (χ1v) is 6.92. The van der Waals surface area contributed by atoms with Crippen LogP contribution in [0.2, 0.25) is 5.15 Å². The number of benzene rings is 1. The molecule has 110 valence electrons. The van der Waals surface area contributed by atoms with Crippen molar-refractivity contribution in [3.8, 4) is 0 Å². The highest BCUT2D eigenvalue weighted by Crippen LogP contribution is 2.15. The Labute approximate surface area is 127 Å². The molecule has 0 unspecified atom stereocenters. The van der Waals surface area contributed by atoms with Gasteiger partial charge in [0.15, 0.2) is 0 Å². The summed E-state index contributed by atoms with van der Waals surface area (Å²) in [5.41, 5.74) is 6.26. The molecule has 0 fully saturated rings. The van der Waals surface area contributed by atoms with E-state index in [9.17, 15) is 9.59 Å². The lowest BCUT2D eigenvalue weighted by molar-refractivity contribution is 0.1000. The Morgan fingerprint density at radius 3 is 2.71 bits per heavy atom. The zero-order valence-corrected chi connectivity index (χ0v) is 12.6. The normalized spacial score (nSPS) is 10.9. The number of nitrogens with two attached hydrogens (primary N) is 1. The first-order valence-electron chi connectivity index (χ1n) is 6.54. The molecular formula is C15H16ClN3O2. The molecule has 2 N–H and O–H groups in total. The predicted molar refractivity (Wildman–Crippen MR) is 81.7 cm³/mol. The van der Waals surface area contributed by atoms with Crippen molar-refractivity contribution < 1.29 is 4.79 Å². The highest BCUT2D eigenvalue weighted by molar-refractivity contribution is 6.29. The molecule has 0 saturated heterocycles. The summed E-state index contributed by atoms with van der Waals surface area (Å²) >= 11 is 5.85. The fraction of sp³-hybridized carbons (Fsp3) is 0.267. The van der Waals surface area contributed by atoms with E-state index in [1.165, 1.54) is 6.07 Å². The van der Waals surface area contributed by atoms with Crippen LogP contribution in [0.1, 0.15) is 41.5 Å². The van der Waals surface area contributed by atoms with Gasteiger partial charge in [-0.2, -0.15) is 0 Å². The lowest BCUT2D eigenvalue weighted by atomic mass is 10.1. The van der Waals surface area contributed by atoms with E-state index in [2.05, 4.69) is 4.98 Å². The Bertz CT molecular complexity index is 738. The number of rotatable bonds is 4. The van der Waals surface area contributed by atoms with Gasteiger partial charge in [-0.1, -0.05) is 37.6 Å². The Balaban J connectivity index is 2.46. The minimum atomic E-state index is -0.498. The van der Waals surface area contributed by atoms with Crippen molar-refractivity contribution >= 4 is 17.5 Å². The monoisotopic (exact) mass is 305 g/mol. The topological polar surface area (TPSA) is 78.0 Å². The fourth-order valence-corrected chi connectivity index (χ4v) is 2.28. The molecular weight excluding hydrogens is 290 g/mol. The Hall–Kier alpha value is -2.14. The molecule has 5 nitrogen and oxygen atoms in total. The summed E-state index contributed by atoms with van der Waals surface area (Å²) in [6.45, 7) is 4.19. The lowest BCUT2D eigenvalue weighted by Crippen LogP contribution is -2.26. The number of aromatic nitrogens is 2. The van der Waals surface area contributed by atoms with E-state index in [0.29, 0.717) is 17.9 Å². The number of carbonyl (C=O) groups excluding carboxylic acids is 1. The average molecular weight is 306 g/mol. The second kappa shape index (κ2) is 6.10. The molecule has 0 bridgehead atoms. The summed E-state index contributed by atoms with van der Waals surface area (Å²) < 4.78 is 1.55. The zero-order valence-electron chi connectivity index (χ0n) is 11.8. The van der Waals surface area contributed by atoms with Crippen LogP contribution in [-0.4, -0.2) is 15.5 Å². The number of halogens is 1. The van der Waals surface area contributed by atoms with Gasteiger partial charge in [-0.25, -0.2) is 4.98 Å². The van der Waals surface area contributed by atoms with Gasteiger partial charge in [0.1, 0.15) is 11.0 Å². The summed E-state index contributed by atoms with van der Waals surface area (Å²) in [6.07, 6.45) is 0. The third kappa shape index (κ3) is 3.49. The van der Waals surface area contributed by atoms with Gasteiger partial charge in [0.25, 0.3) is 5.56 Å². The van der Waals surface area contributed by atoms with Gasteiger partial charge in [-0.05, 0) is 17.7 Å². The number of primary amides is 1. The van der Waals surface area contributed by atoms with E-state index in [1.807, 2.05) is 19.9 Å². The van der Waals surface area contributed by atoms with Crippen LogP contribution in [0.5, 0.6) is 0 Å². The molecule has 0 spiro atoms. The first kappa shape index (κ1) is 15.3. The van der Waals surface area contributed by atoms with Gasteiger partial charge in [0.2, 0.25) is 5.91 Å². The van der Waals surface area contributed by atoms with E-state index < -0.39 is 5.91 Å². The summed E-state index contributed by atoms with van der Waals surface area (Å²) in [5.74, 6) is 0.162. The van der Waals surface area contributed by atoms with Crippen LogP contribution in [-0.2, 0) is 6.54 Å². The number of hydrogen-bond acceptors (Lipinski definition) is 3. The highest BCUT2D eigenvalue weighted by Gasteiger charge is 2.12. The second-order valence-electron chi connectivity index (χ2n) is 5.08. The molecule has 2 aromatic rings. The van der Waals surface area contributed by atoms with Crippen LogP contribution in [0.3, 0.4) is 0 Å². The summed E-state index contributed by atoms with van der Waals surface area (Å²) in [6, 6.07) is 8.16. The Morgan fingerprint density at radius 1 is 1.38 bits per heavy atom. The maximum atomic E-state index is 12.1. The zero-order chi connectivity index (χ0) is 15.6. The van der Waals surface area contributed by atoms with Gasteiger partial charge in [0, 0.05) is 17.5 Å². The van der Waals surface area contributed by atoms with Gasteiger partial charge in [-0.15, -0.1) is 0 Å². The van der Waals surface area contributed by atoms with Crippen molar-refractivity contribution in [2.24, 2.45) is 5.73 Å². The van der Waals surface area contributed by atoms with E-state index in [0.717, 1.165) is 5.56 Å². The van der Waals surface area contributed by atoms with Crippen molar-refractivity contribution in [1.29, 1.82) is 0 Å². The second-order valence-corrected chi connectivity index (χ2v) is 5.47. The molecule has 1 amide bonds. The molecule has 0 atom stereocenters.